The monoisotopic (exact) mass is 332 g/mol. The molecular weight excluding hydrogens is 316 g/mol. The molecule has 2 aromatic carbocycles. The van der Waals surface area contributed by atoms with Crippen molar-refractivity contribution < 1.29 is 5.11 Å². The van der Waals surface area contributed by atoms with Gasteiger partial charge in [-0.2, -0.15) is 10.1 Å². The van der Waals surface area contributed by atoms with E-state index in [2.05, 4.69) is 36.8 Å². The van der Waals surface area contributed by atoms with Crippen molar-refractivity contribution in [1.82, 2.24) is 20.2 Å². The predicted octanol–water partition coefficient (Wildman–Crippen LogP) is 3.36. The van der Waals surface area contributed by atoms with Crippen molar-refractivity contribution in [2.45, 2.75) is 13.8 Å². The first-order valence-corrected chi connectivity index (χ1v) is 7.82. The van der Waals surface area contributed by atoms with Crippen molar-refractivity contribution >= 4 is 33.7 Å². The molecule has 2 heterocycles. The molecule has 4 rings (SSSR count). The number of fused-ring (bicyclic) bond motifs is 3. The summed E-state index contributed by atoms with van der Waals surface area (Å²) in [6.07, 6.45) is 0. The molecule has 7 heteroatoms. The van der Waals surface area contributed by atoms with Crippen LogP contribution in [0.2, 0.25) is 0 Å². The van der Waals surface area contributed by atoms with Crippen LogP contribution in [0.15, 0.2) is 47.6 Å². The SMILES string of the molecule is CC(=NNc1nnc2c(n1)[nH]c1ccc(C)cc12)c1ccc(O)cc1. The second-order valence-electron chi connectivity index (χ2n) is 5.86. The second kappa shape index (κ2) is 5.86. The van der Waals surface area contributed by atoms with E-state index in [1.54, 1.807) is 24.3 Å². The standard InChI is InChI=1S/C18H16N6O/c1-10-3-8-15-14(9-10)16-17(19-15)20-18(24-22-16)23-21-11(2)12-4-6-13(25)7-5-12/h3-9,25H,1-2H3,(H2,19,20,23,24). The molecule has 3 N–H and O–H groups in total. The molecule has 4 aromatic rings. The highest BCUT2D eigenvalue weighted by molar-refractivity contribution is 6.03. The number of hydrazone groups is 1. The van der Waals surface area contributed by atoms with Crippen LogP contribution in [0.3, 0.4) is 0 Å². The number of aromatic amines is 1. The van der Waals surface area contributed by atoms with Crippen molar-refractivity contribution in [3.05, 3.63) is 53.6 Å². The minimum atomic E-state index is 0.219. The Bertz CT molecular complexity index is 1100. The summed E-state index contributed by atoms with van der Waals surface area (Å²) in [7, 11) is 0. The maximum Gasteiger partial charge on any atom is 0.265 e. The molecule has 0 fully saturated rings. The first-order chi connectivity index (χ1) is 12.1. The molecule has 0 aliphatic rings. The van der Waals surface area contributed by atoms with Crippen LogP contribution in [0.5, 0.6) is 5.75 Å². The maximum absolute atomic E-state index is 9.34. The summed E-state index contributed by atoms with van der Waals surface area (Å²) in [5.74, 6) is 0.533. The third kappa shape index (κ3) is 2.87. The van der Waals surface area contributed by atoms with Gasteiger partial charge in [-0.3, -0.25) is 0 Å². The number of hydrogen-bond donors (Lipinski definition) is 3. The Balaban J connectivity index is 1.64. The van der Waals surface area contributed by atoms with E-state index in [0.29, 0.717) is 11.6 Å². The summed E-state index contributed by atoms with van der Waals surface area (Å²) in [6, 6.07) is 12.9. The molecule has 2 aromatic heterocycles. The normalized spacial score (nSPS) is 12.0. The number of aromatic hydroxyl groups is 1. The number of nitrogens with one attached hydrogen (secondary N) is 2. The van der Waals surface area contributed by atoms with Gasteiger partial charge in [-0.25, -0.2) is 5.43 Å². The van der Waals surface area contributed by atoms with Gasteiger partial charge in [-0.15, -0.1) is 10.2 Å². The van der Waals surface area contributed by atoms with Crippen molar-refractivity contribution in [2.75, 3.05) is 5.43 Å². The number of rotatable bonds is 3. The van der Waals surface area contributed by atoms with Crippen molar-refractivity contribution in [1.29, 1.82) is 0 Å². The van der Waals surface area contributed by atoms with Gasteiger partial charge >= 0.3 is 0 Å². The molecule has 7 nitrogen and oxygen atoms in total. The Morgan fingerprint density at radius 1 is 1.12 bits per heavy atom. The maximum atomic E-state index is 9.34. The molecule has 0 saturated heterocycles. The van der Waals surface area contributed by atoms with Gasteiger partial charge in [0.25, 0.3) is 5.95 Å². The van der Waals surface area contributed by atoms with E-state index in [1.807, 2.05) is 26.0 Å². The minimum absolute atomic E-state index is 0.219. The number of phenols is 1. The second-order valence-corrected chi connectivity index (χ2v) is 5.86. The van der Waals surface area contributed by atoms with Gasteiger partial charge < -0.3 is 10.1 Å². The largest absolute Gasteiger partial charge is 0.508 e. The number of anilines is 1. The highest BCUT2D eigenvalue weighted by Gasteiger charge is 2.09. The molecule has 0 aliphatic heterocycles. The zero-order chi connectivity index (χ0) is 17.4. The molecule has 124 valence electrons. The summed E-state index contributed by atoms with van der Waals surface area (Å²) in [6.45, 7) is 3.90. The average molecular weight is 332 g/mol. The van der Waals surface area contributed by atoms with E-state index >= 15 is 0 Å². The van der Waals surface area contributed by atoms with Gasteiger partial charge in [-0.05, 0) is 55.8 Å². The third-order valence-corrected chi connectivity index (χ3v) is 3.98. The van der Waals surface area contributed by atoms with Crippen LogP contribution >= 0.6 is 0 Å². The molecular formula is C18H16N6O. The highest BCUT2D eigenvalue weighted by Crippen LogP contribution is 2.23. The molecule has 0 amide bonds. The summed E-state index contributed by atoms with van der Waals surface area (Å²) in [5, 5.41) is 23.0. The van der Waals surface area contributed by atoms with Crippen molar-refractivity contribution in [2.24, 2.45) is 5.10 Å². The lowest BCUT2D eigenvalue weighted by atomic mass is 10.1. The van der Waals surface area contributed by atoms with Crippen LogP contribution in [0.4, 0.5) is 5.95 Å². The first-order valence-electron chi connectivity index (χ1n) is 7.82. The number of hydrogen-bond acceptors (Lipinski definition) is 6. The average Bonchev–Trinajstić information content (AvgIpc) is 2.97. The summed E-state index contributed by atoms with van der Waals surface area (Å²) >= 11 is 0. The molecule has 0 aliphatic carbocycles. The van der Waals surface area contributed by atoms with Crippen LogP contribution in [0.25, 0.3) is 22.1 Å². The van der Waals surface area contributed by atoms with E-state index in [1.165, 1.54) is 0 Å². The third-order valence-electron chi connectivity index (χ3n) is 3.98. The molecule has 25 heavy (non-hydrogen) atoms. The summed E-state index contributed by atoms with van der Waals surface area (Å²) < 4.78 is 0. The summed E-state index contributed by atoms with van der Waals surface area (Å²) in [4.78, 5) is 7.68. The number of phenolic OH excluding ortho intramolecular Hbond substituents is 1. The lowest BCUT2D eigenvalue weighted by molar-refractivity contribution is 0.475. The van der Waals surface area contributed by atoms with Gasteiger partial charge in [0.2, 0.25) is 0 Å². The van der Waals surface area contributed by atoms with Crippen molar-refractivity contribution in [3.8, 4) is 5.75 Å². The Labute approximate surface area is 143 Å². The fourth-order valence-corrected chi connectivity index (χ4v) is 2.63. The fraction of sp³-hybridized carbons (Fsp3) is 0.111. The molecule has 0 saturated carbocycles. The van der Waals surface area contributed by atoms with Crippen LogP contribution in [0, 0.1) is 6.92 Å². The van der Waals surface area contributed by atoms with Crippen LogP contribution in [-0.4, -0.2) is 31.0 Å². The van der Waals surface area contributed by atoms with E-state index in [0.717, 1.165) is 33.3 Å². The lowest BCUT2D eigenvalue weighted by Gasteiger charge is -2.02. The number of benzene rings is 2. The number of H-pyrrole nitrogens is 1. The molecule has 0 atom stereocenters. The Morgan fingerprint density at radius 3 is 2.72 bits per heavy atom. The van der Waals surface area contributed by atoms with Crippen LogP contribution in [-0.2, 0) is 0 Å². The quantitative estimate of drug-likeness (QED) is 0.395. The zero-order valence-corrected chi connectivity index (χ0v) is 13.8. The van der Waals surface area contributed by atoms with Gasteiger partial charge in [0.05, 0.1) is 5.71 Å². The van der Waals surface area contributed by atoms with Crippen LogP contribution < -0.4 is 5.43 Å². The first kappa shape index (κ1) is 15.1. The number of aryl methyl sites for hydroxylation is 1. The molecule has 0 radical (unpaired) electrons. The van der Waals surface area contributed by atoms with Crippen molar-refractivity contribution in [3.63, 3.8) is 0 Å². The Kier molecular flexibility index (Phi) is 3.53. The van der Waals surface area contributed by atoms with E-state index in [9.17, 15) is 5.11 Å². The minimum Gasteiger partial charge on any atom is -0.508 e. The van der Waals surface area contributed by atoms with Gasteiger partial charge in [0, 0.05) is 10.9 Å². The number of aromatic nitrogens is 4. The topological polar surface area (TPSA) is 99.1 Å². The zero-order valence-electron chi connectivity index (χ0n) is 13.8. The number of nitrogens with zero attached hydrogens (tertiary/aromatic N) is 4. The Hall–Kier alpha value is -3.48. The fourth-order valence-electron chi connectivity index (χ4n) is 2.63. The van der Waals surface area contributed by atoms with Gasteiger partial charge in [-0.1, -0.05) is 11.6 Å². The Morgan fingerprint density at radius 2 is 1.92 bits per heavy atom. The molecule has 0 unspecified atom stereocenters. The van der Waals surface area contributed by atoms with Gasteiger partial charge in [0.1, 0.15) is 11.3 Å². The molecule has 0 spiro atoms. The highest BCUT2D eigenvalue weighted by atomic mass is 16.3. The van der Waals surface area contributed by atoms with E-state index in [4.69, 9.17) is 0 Å². The predicted molar refractivity (Wildman–Crippen MR) is 97.9 cm³/mol. The van der Waals surface area contributed by atoms with Gasteiger partial charge in [0.15, 0.2) is 5.65 Å². The smallest absolute Gasteiger partial charge is 0.265 e. The lowest BCUT2D eigenvalue weighted by Crippen LogP contribution is -2.03. The van der Waals surface area contributed by atoms with E-state index < -0.39 is 0 Å². The summed E-state index contributed by atoms with van der Waals surface area (Å²) in [5.41, 5.74) is 8.00. The van der Waals surface area contributed by atoms with E-state index in [-0.39, 0.29) is 5.75 Å². The van der Waals surface area contributed by atoms with Crippen LogP contribution in [0.1, 0.15) is 18.1 Å². The molecule has 0 bridgehead atoms.